The molecule has 7 heteroatoms. The molecule has 2 rings (SSSR count). The van der Waals surface area contributed by atoms with Crippen LogP contribution in [-0.4, -0.2) is 21.0 Å². The van der Waals surface area contributed by atoms with Gasteiger partial charge in [0.15, 0.2) is 5.82 Å². The summed E-state index contributed by atoms with van der Waals surface area (Å²) in [6.45, 7) is 0. The van der Waals surface area contributed by atoms with Crippen LogP contribution in [0.2, 0.25) is 0 Å². The lowest BCUT2D eigenvalue weighted by Crippen LogP contribution is -2.07. The molecule has 0 aliphatic rings. The van der Waals surface area contributed by atoms with Crippen molar-refractivity contribution in [1.29, 1.82) is 0 Å². The minimum atomic E-state index is -2.94. The van der Waals surface area contributed by atoms with Crippen LogP contribution in [0.15, 0.2) is 23.7 Å². The summed E-state index contributed by atoms with van der Waals surface area (Å²) in [4.78, 5) is 18.7. The van der Waals surface area contributed by atoms with Gasteiger partial charge in [-0.2, -0.15) is 0 Å². The summed E-state index contributed by atoms with van der Waals surface area (Å²) in [7, 11) is 0. The molecule has 0 spiro atoms. The molecule has 0 aromatic carbocycles. The molecule has 2 heterocycles. The van der Waals surface area contributed by atoms with Crippen molar-refractivity contribution in [3.8, 4) is 10.7 Å². The summed E-state index contributed by atoms with van der Waals surface area (Å²) in [5.41, 5.74) is -1.32. The van der Waals surface area contributed by atoms with Gasteiger partial charge in [-0.3, -0.25) is 0 Å². The average Bonchev–Trinajstić information content (AvgIpc) is 2.81. The predicted octanol–water partition coefficient (Wildman–Crippen LogP) is 2.84. The van der Waals surface area contributed by atoms with Crippen molar-refractivity contribution in [3.05, 3.63) is 35.0 Å². The van der Waals surface area contributed by atoms with Gasteiger partial charge < -0.3 is 5.11 Å². The Kier molecular flexibility index (Phi) is 3.10. The number of hydrogen-bond acceptors (Lipinski definition) is 4. The second kappa shape index (κ2) is 4.54. The monoisotopic (exact) mass is 256 g/mol. The molecular formula is C10H6F2N2O2S. The lowest BCUT2D eigenvalue weighted by molar-refractivity contribution is 0.0681. The molecule has 0 bridgehead atoms. The van der Waals surface area contributed by atoms with E-state index in [1.54, 1.807) is 17.5 Å². The normalized spacial score (nSPS) is 10.8. The Morgan fingerprint density at radius 1 is 1.47 bits per heavy atom. The lowest BCUT2D eigenvalue weighted by atomic mass is 10.2. The van der Waals surface area contributed by atoms with Crippen LogP contribution in [0.25, 0.3) is 10.7 Å². The number of rotatable bonds is 3. The Labute approximate surface area is 98.6 Å². The fourth-order valence-corrected chi connectivity index (χ4v) is 1.92. The number of carboxylic acid groups (broad SMARTS) is 1. The van der Waals surface area contributed by atoms with Gasteiger partial charge in [0, 0.05) is 6.20 Å². The average molecular weight is 256 g/mol. The van der Waals surface area contributed by atoms with E-state index in [0.29, 0.717) is 4.88 Å². The van der Waals surface area contributed by atoms with Gasteiger partial charge in [-0.25, -0.2) is 23.5 Å². The first kappa shape index (κ1) is 11.6. The highest BCUT2D eigenvalue weighted by Gasteiger charge is 2.21. The number of alkyl halides is 2. The van der Waals surface area contributed by atoms with Crippen molar-refractivity contribution in [2.75, 3.05) is 0 Å². The molecule has 0 aliphatic heterocycles. The molecule has 0 amide bonds. The van der Waals surface area contributed by atoms with Gasteiger partial charge in [-0.05, 0) is 11.4 Å². The van der Waals surface area contributed by atoms with E-state index in [1.165, 1.54) is 11.3 Å². The second-order valence-corrected chi connectivity index (χ2v) is 4.02. The van der Waals surface area contributed by atoms with E-state index < -0.39 is 23.7 Å². The van der Waals surface area contributed by atoms with Crippen LogP contribution in [0.5, 0.6) is 0 Å². The highest BCUT2D eigenvalue weighted by atomic mass is 32.1. The third-order valence-corrected chi connectivity index (χ3v) is 2.86. The van der Waals surface area contributed by atoms with Crippen LogP contribution >= 0.6 is 11.3 Å². The molecule has 88 valence electrons. The SMILES string of the molecule is O=C(O)c1cnc(-c2cccs2)nc1C(F)F. The maximum atomic E-state index is 12.7. The van der Waals surface area contributed by atoms with Crippen LogP contribution in [0.1, 0.15) is 22.5 Å². The summed E-state index contributed by atoms with van der Waals surface area (Å²) in [6.07, 6.45) is -2.03. The topological polar surface area (TPSA) is 63.1 Å². The van der Waals surface area contributed by atoms with Crippen molar-refractivity contribution in [2.45, 2.75) is 6.43 Å². The summed E-state index contributed by atoms with van der Waals surface area (Å²) < 4.78 is 25.3. The van der Waals surface area contributed by atoms with Crippen LogP contribution in [0.3, 0.4) is 0 Å². The molecule has 0 fully saturated rings. The van der Waals surface area contributed by atoms with Crippen LogP contribution in [0, 0.1) is 0 Å². The molecule has 0 aliphatic carbocycles. The largest absolute Gasteiger partial charge is 0.478 e. The zero-order chi connectivity index (χ0) is 12.4. The molecule has 2 aromatic heterocycles. The molecule has 0 saturated heterocycles. The highest BCUT2D eigenvalue weighted by molar-refractivity contribution is 7.13. The van der Waals surface area contributed by atoms with Gasteiger partial charge >= 0.3 is 5.97 Å². The third kappa shape index (κ3) is 2.28. The van der Waals surface area contributed by atoms with Crippen LogP contribution in [0.4, 0.5) is 8.78 Å². The Hall–Kier alpha value is -1.89. The number of carboxylic acids is 1. The van der Waals surface area contributed by atoms with Gasteiger partial charge in [0.1, 0.15) is 11.3 Å². The van der Waals surface area contributed by atoms with Gasteiger partial charge in [0.05, 0.1) is 4.88 Å². The van der Waals surface area contributed by atoms with E-state index in [1.807, 2.05) is 0 Å². The fourth-order valence-electron chi connectivity index (χ4n) is 1.25. The zero-order valence-corrected chi connectivity index (χ0v) is 9.12. The van der Waals surface area contributed by atoms with Gasteiger partial charge in [0.25, 0.3) is 6.43 Å². The van der Waals surface area contributed by atoms with Gasteiger partial charge in [-0.15, -0.1) is 11.3 Å². The molecule has 2 aromatic rings. The maximum absolute atomic E-state index is 12.7. The molecule has 0 atom stereocenters. The van der Waals surface area contributed by atoms with E-state index in [0.717, 1.165) is 6.20 Å². The second-order valence-electron chi connectivity index (χ2n) is 3.08. The zero-order valence-electron chi connectivity index (χ0n) is 8.30. The van der Waals surface area contributed by atoms with E-state index in [4.69, 9.17) is 5.11 Å². The highest BCUT2D eigenvalue weighted by Crippen LogP contribution is 2.26. The van der Waals surface area contributed by atoms with Crippen molar-refractivity contribution in [3.63, 3.8) is 0 Å². The number of halogens is 2. The van der Waals surface area contributed by atoms with Crippen LogP contribution < -0.4 is 0 Å². The maximum Gasteiger partial charge on any atom is 0.339 e. The van der Waals surface area contributed by atoms with Crippen molar-refractivity contribution < 1.29 is 18.7 Å². The number of carbonyl (C=O) groups is 1. The first-order valence-corrected chi connectivity index (χ1v) is 5.40. The summed E-state index contributed by atoms with van der Waals surface area (Å²) in [5.74, 6) is -1.35. The number of aromatic nitrogens is 2. The van der Waals surface area contributed by atoms with Crippen molar-refractivity contribution >= 4 is 17.3 Å². The minimum absolute atomic E-state index is 0.111. The molecule has 0 unspecified atom stereocenters. The molecular weight excluding hydrogens is 250 g/mol. The quantitative estimate of drug-likeness (QED) is 0.917. The number of hydrogen-bond donors (Lipinski definition) is 1. The Morgan fingerprint density at radius 3 is 2.76 bits per heavy atom. The van der Waals surface area contributed by atoms with Gasteiger partial charge in [0.2, 0.25) is 0 Å². The predicted molar refractivity (Wildman–Crippen MR) is 57.3 cm³/mol. The van der Waals surface area contributed by atoms with Crippen molar-refractivity contribution in [2.24, 2.45) is 0 Å². The summed E-state index contributed by atoms with van der Waals surface area (Å²) in [6, 6.07) is 3.41. The molecule has 17 heavy (non-hydrogen) atoms. The molecule has 0 radical (unpaired) electrons. The Morgan fingerprint density at radius 2 is 2.24 bits per heavy atom. The van der Waals surface area contributed by atoms with E-state index in [-0.39, 0.29) is 5.82 Å². The molecule has 4 nitrogen and oxygen atoms in total. The van der Waals surface area contributed by atoms with E-state index >= 15 is 0 Å². The third-order valence-electron chi connectivity index (χ3n) is 2.00. The smallest absolute Gasteiger partial charge is 0.339 e. The number of thiophene rings is 1. The lowest BCUT2D eigenvalue weighted by Gasteiger charge is -2.05. The number of aromatic carboxylic acids is 1. The standard InChI is InChI=1S/C10H6F2N2O2S/c11-8(12)7-5(10(15)16)4-13-9(14-7)6-2-1-3-17-6/h1-4,8H,(H,15,16). The molecule has 1 N–H and O–H groups in total. The first-order valence-electron chi connectivity index (χ1n) is 4.52. The molecule has 0 saturated carbocycles. The Bertz CT molecular complexity index is 543. The van der Waals surface area contributed by atoms with Gasteiger partial charge in [-0.1, -0.05) is 6.07 Å². The number of nitrogens with zero attached hydrogens (tertiary/aromatic N) is 2. The summed E-state index contributed by atoms with van der Waals surface area (Å²) in [5, 5.41) is 10.5. The summed E-state index contributed by atoms with van der Waals surface area (Å²) >= 11 is 1.29. The van der Waals surface area contributed by atoms with Crippen molar-refractivity contribution in [1.82, 2.24) is 9.97 Å². The van der Waals surface area contributed by atoms with E-state index in [2.05, 4.69) is 9.97 Å². The van der Waals surface area contributed by atoms with Crippen LogP contribution in [-0.2, 0) is 0 Å². The fraction of sp³-hybridized carbons (Fsp3) is 0.100. The Balaban J connectivity index is 2.53. The van der Waals surface area contributed by atoms with E-state index in [9.17, 15) is 13.6 Å². The minimum Gasteiger partial charge on any atom is -0.478 e. The first-order chi connectivity index (χ1) is 8.09.